The van der Waals surface area contributed by atoms with Crippen LogP contribution in [-0.4, -0.2) is 27.0 Å². The summed E-state index contributed by atoms with van der Waals surface area (Å²) in [6.45, 7) is 18.0. The molecule has 5 rings (SSSR count). The molecule has 0 amide bonds. The van der Waals surface area contributed by atoms with Crippen molar-refractivity contribution in [2.75, 3.05) is 13.2 Å². The second kappa shape index (κ2) is 7.68. The maximum atomic E-state index is 5.81. The summed E-state index contributed by atoms with van der Waals surface area (Å²) in [5.74, 6) is 9.67. The van der Waals surface area contributed by atoms with Gasteiger partial charge in [-0.15, -0.1) is 0 Å². The Kier molecular flexibility index (Phi) is 5.54. The standard InChI is InChI=1S/C26H44B2O2/c1-17-9-11-19-21(25(19,3)4)23(17)27(13-7-14-28-29-15-8-16-30-28)24-18(2)10-12-20-22(24)26(20,5)6/h7,14,17-24H,8-13,15-16H2,1-6H3/b14-7+/t17-,18-,19+,20+,21-,22+,23+,24+/m0/s1. The molecule has 5 aliphatic rings. The molecule has 2 nitrogen and oxygen atoms in total. The van der Waals surface area contributed by atoms with E-state index < -0.39 is 0 Å². The van der Waals surface area contributed by atoms with Gasteiger partial charge in [-0.3, -0.25) is 0 Å². The average Bonchev–Trinajstić information content (AvgIpc) is 3.49. The molecule has 0 bridgehead atoms. The molecule has 8 atom stereocenters. The van der Waals surface area contributed by atoms with E-state index in [4.69, 9.17) is 9.31 Å². The zero-order valence-electron chi connectivity index (χ0n) is 20.4. The smallest absolute Gasteiger partial charge is 0.408 e. The maximum absolute atomic E-state index is 5.81. The molecule has 0 spiro atoms. The molecule has 0 aromatic heterocycles. The van der Waals surface area contributed by atoms with Gasteiger partial charge in [-0.2, -0.15) is 0 Å². The van der Waals surface area contributed by atoms with Gasteiger partial charge in [0.15, 0.2) is 6.71 Å². The Morgan fingerprint density at radius 2 is 1.33 bits per heavy atom. The third kappa shape index (κ3) is 3.47. The van der Waals surface area contributed by atoms with Crippen LogP contribution in [0.2, 0.25) is 18.0 Å². The number of fused-ring (bicyclic) bond motifs is 2. The Hall–Kier alpha value is -0.210. The molecule has 5 fully saturated rings. The fourth-order valence-electron chi connectivity index (χ4n) is 9.09. The van der Waals surface area contributed by atoms with Crippen molar-refractivity contribution >= 4 is 13.8 Å². The summed E-state index contributed by atoms with van der Waals surface area (Å²) in [5, 5.41) is 0. The van der Waals surface area contributed by atoms with Gasteiger partial charge >= 0.3 is 7.12 Å². The minimum absolute atomic E-state index is 0.109. The van der Waals surface area contributed by atoms with Crippen molar-refractivity contribution in [2.24, 2.45) is 46.3 Å². The van der Waals surface area contributed by atoms with Crippen molar-refractivity contribution in [2.45, 2.75) is 91.6 Å². The molecule has 1 saturated heterocycles. The molecule has 166 valence electrons. The predicted octanol–water partition coefficient (Wildman–Crippen LogP) is 6.65. The van der Waals surface area contributed by atoms with Gasteiger partial charge < -0.3 is 9.31 Å². The number of rotatable bonds is 5. The van der Waals surface area contributed by atoms with Gasteiger partial charge in [0, 0.05) is 13.2 Å². The summed E-state index contributed by atoms with van der Waals surface area (Å²) in [6.07, 6.45) is 10.6. The third-order valence-electron chi connectivity index (χ3n) is 10.8. The minimum atomic E-state index is -0.109. The van der Waals surface area contributed by atoms with Gasteiger partial charge in [0.2, 0.25) is 0 Å². The van der Waals surface area contributed by atoms with Crippen molar-refractivity contribution in [3.8, 4) is 0 Å². The van der Waals surface area contributed by atoms with E-state index in [9.17, 15) is 0 Å². The average molecular weight is 410 g/mol. The Bertz CT molecular complexity index is 626. The van der Waals surface area contributed by atoms with E-state index >= 15 is 0 Å². The molecule has 1 heterocycles. The second-order valence-electron chi connectivity index (χ2n) is 13.0. The van der Waals surface area contributed by atoms with Crippen LogP contribution in [0.15, 0.2) is 12.1 Å². The van der Waals surface area contributed by atoms with Gasteiger partial charge in [-0.25, -0.2) is 0 Å². The van der Waals surface area contributed by atoms with Crippen LogP contribution in [0.3, 0.4) is 0 Å². The van der Waals surface area contributed by atoms with E-state index in [0.717, 1.165) is 73.5 Å². The number of hydrogen-bond acceptors (Lipinski definition) is 2. The molecule has 0 aromatic carbocycles. The topological polar surface area (TPSA) is 18.5 Å². The summed E-state index contributed by atoms with van der Waals surface area (Å²) in [7, 11) is -0.109. The molecule has 1 aliphatic heterocycles. The first-order valence-electron chi connectivity index (χ1n) is 13.1. The first-order valence-corrected chi connectivity index (χ1v) is 13.1. The SMILES string of the molecule is C[C@H]1CC[C@@H]2[C@@H]([C@@H]1B(C/C=C/B1OCCCO1)[C@H]1[C@H]3[C@@H](CC[C@@H]1C)C3(C)C)C2(C)C. The van der Waals surface area contributed by atoms with Crippen LogP contribution in [0.25, 0.3) is 0 Å². The zero-order chi connectivity index (χ0) is 21.3. The molecular weight excluding hydrogens is 366 g/mol. The van der Waals surface area contributed by atoms with Gasteiger partial charge in [0.1, 0.15) is 0 Å². The Morgan fingerprint density at radius 1 is 0.833 bits per heavy atom. The zero-order valence-corrected chi connectivity index (χ0v) is 20.4. The normalized spacial score (nSPS) is 46.3. The van der Waals surface area contributed by atoms with E-state index in [0.29, 0.717) is 10.8 Å². The van der Waals surface area contributed by atoms with E-state index in [-0.39, 0.29) is 7.12 Å². The van der Waals surface area contributed by atoms with Gasteiger partial charge in [0.05, 0.1) is 0 Å². The summed E-state index contributed by atoms with van der Waals surface area (Å²) >= 11 is 0. The van der Waals surface area contributed by atoms with E-state index in [1.807, 2.05) is 0 Å². The second-order valence-corrected chi connectivity index (χ2v) is 13.0. The monoisotopic (exact) mass is 410 g/mol. The van der Waals surface area contributed by atoms with E-state index in [1.165, 1.54) is 32.0 Å². The molecule has 30 heavy (non-hydrogen) atoms. The van der Waals surface area contributed by atoms with Gasteiger partial charge in [0.25, 0.3) is 0 Å². The molecule has 0 aromatic rings. The molecule has 4 aliphatic carbocycles. The van der Waals surface area contributed by atoms with Crippen LogP contribution in [0.1, 0.15) is 73.6 Å². The molecule has 0 N–H and O–H groups in total. The van der Waals surface area contributed by atoms with Crippen molar-refractivity contribution in [3.05, 3.63) is 12.1 Å². The largest absolute Gasteiger partial charge is 0.485 e. The van der Waals surface area contributed by atoms with Crippen LogP contribution in [0.5, 0.6) is 0 Å². The molecular formula is C26H44B2O2. The number of allylic oxidation sites excluding steroid dienone is 1. The highest BCUT2D eigenvalue weighted by molar-refractivity contribution is 6.63. The van der Waals surface area contributed by atoms with Crippen LogP contribution in [0, 0.1) is 46.3 Å². The van der Waals surface area contributed by atoms with Crippen LogP contribution < -0.4 is 0 Å². The predicted molar refractivity (Wildman–Crippen MR) is 128 cm³/mol. The molecule has 0 radical (unpaired) electrons. The third-order valence-corrected chi connectivity index (χ3v) is 10.8. The van der Waals surface area contributed by atoms with Crippen LogP contribution in [-0.2, 0) is 9.31 Å². The van der Waals surface area contributed by atoms with Crippen molar-refractivity contribution in [1.29, 1.82) is 0 Å². The van der Waals surface area contributed by atoms with Crippen molar-refractivity contribution in [3.63, 3.8) is 0 Å². The summed E-state index contributed by atoms with van der Waals surface area (Å²) < 4.78 is 11.6. The lowest BCUT2D eigenvalue weighted by molar-refractivity contribution is 0.142. The lowest BCUT2D eigenvalue weighted by atomic mass is 9.25. The van der Waals surface area contributed by atoms with Crippen LogP contribution in [0.4, 0.5) is 0 Å². The Balaban J connectivity index is 1.41. The maximum Gasteiger partial charge on any atom is 0.485 e. The fourth-order valence-corrected chi connectivity index (χ4v) is 9.09. The highest BCUT2D eigenvalue weighted by atomic mass is 16.6. The number of hydrogen-bond donors (Lipinski definition) is 0. The van der Waals surface area contributed by atoms with Crippen molar-refractivity contribution < 1.29 is 9.31 Å². The lowest BCUT2D eigenvalue weighted by Crippen LogP contribution is -2.39. The first kappa shape index (κ1) is 21.6. The van der Waals surface area contributed by atoms with Crippen LogP contribution >= 0.6 is 0 Å². The van der Waals surface area contributed by atoms with E-state index in [1.54, 1.807) is 0 Å². The summed E-state index contributed by atoms with van der Waals surface area (Å²) in [5.41, 5.74) is 1.15. The molecule has 4 saturated carbocycles. The lowest BCUT2D eigenvalue weighted by Gasteiger charge is -2.42. The van der Waals surface area contributed by atoms with Crippen molar-refractivity contribution in [1.82, 2.24) is 0 Å². The quantitative estimate of drug-likeness (QED) is 0.473. The highest BCUT2D eigenvalue weighted by Crippen LogP contribution is 2.75. The molecule has 4 heteroatoms. The van der Waals surface area contributed by atoms with Gasteiger partial charge in [-0.05, 0) is 65.6 Å². The summed E-state index contributed by atoms with van der Waals surface area (Å²) in [6, 6.07) is 0. The highest BCUT2D eigenvalue weighted by Gasteiger charge is 2.69. The molecule has 0 unspecified atom stereocenters. The fraction of sp³-hybridized carbons (Fsp3) is 0.923. The first-order chi connectivity index (χ1) is 14.2. The minimum Gasteiger partial charge on any atom is -0.408 e. The van der Waals surface area contributed by atoms with E-state index in [2.05, 4.69) is 53.6 Å². The summed E-state index contributed by atoms with van der Waals surface area (Å²) in [4.78, 5) is 0. The Morgan fingerprint density at radius 3 is 1.83 bits per heavy atom. The van der Waals surface area contributed by atoms with Gasteiger partial charge in [-0.1, -0.05) is 84.4 Å². The Labute approximate surface area is 186 Å².